The van der Waals surface area contributed by atoms with Crippen molar-refractivity contribution in [2.24, 2.45) is 11.5 Å². The van der Waals surface area contributed by atoms with Crippen molar-refractivity contribution in [3.05, 3.63) is 309 Å². The van der Waals surface area contributed by atoms with Gasteiger partial charge in [-0.05, 0) is 224 Å². The van der Waals surface area contributed by atoms with Gasteiger partial charge in [0.25, 0.3) is 22.5 Å². The van der Waals surface area contributed by atoms with Crippen molar-refractivity contribution in [3.8, 4) is 104 Å². The lowest BCUT2D eigenvalue weighted by atomic mass is 10.1. The molecule has 0 aliphatic rings. The number of imidazole rings is 4. The molecule has 10 N–H and O–H groups in total. The molecule has 0 bridgehead atoms. The van der Waals surface area contributed by atoms with Gasteiger partial charge in [0.05, 0.1) is 129 Å². The van der Waals surface area contributed by atoms with Gasteiger partial charge in [-0.3, -0.25) is 68.9 Å². The summed E-state index contributed by atoms with van der Waals surface area (Å²) in [6.07, 6.45) is 21.2. The molecule has 0 fully saturated rings. The molecule has 756 valence electrons. The Morgan fingerprint density at radius 1 is 0.459 bits per heavy atom. The number of nitrogens with one attached hydrogen (secondary N) is 3. The number of hydrogen-bond donors (Lipinski definition) is 7. The SMILES string of the molecule is C.COc1ccc([N+](=O)[O-])c(N)c1.COc1ccc([N+](=O)[O-])c(NC(=O)c2ccncc2Br)c1.COc1ccc2nc(-c3ccncc3Br)[nH]c2c1.COc1ccc2nc(-c3ccncc3Br)n(COCC[Si](C)(C)C)c2c1.COc1ccc2nc(-c3ccncc3C#CN)[nH]c2c1.COc1ccc2nc(-c3ccncc3C#CN)n(COCC[Si](C)(C)C)c2c1.O=C(Cl)c1cccnc1Br.O=C(O)c1ccncc1Br. The van der Waals surface area contributed by atoms with E-state index in [1.54, 1.807) is 96.3 Å². The maximum absolute atomic E-state index is 12.2. The first kappa shape index (κ1) is 115. The number of amides is 1. The molecular formula is C101H101Br5ClN21O16Si2. The summed E-state index contributed by atoms with van der Waals surface area (Å²) < 4.78 is 50.5. The Morgan fingerprint density at radius 3 is 1.25 bits per heavy atom. The Labute approximate surface area is 889 Å². The number of carbonyl (C=O) groups is 3. The summed E-state index contributed by atoms with van der Waals surface area (Å²) in [7, 11) is 7.25. The van der Waals surface area contributed by atoms with Gasteiger partial charge in [-0.2, -0.15) is 0 Å². The smallest absolute Gasteiger partial charge is 0.336 e. The highest BCUT2D eigenvalue weighted by molar-refractivity contribution is 9.11. The third kappa shape index (κ3) is 32.8. The second kappa shape index (κ2) is 55.8. The number of rotatable bonds is 26. The lowest BCUT2D eigenvalue weighted by Crippen LogP contribution is -2.22. The summed E-state index contributed by atoms with van der Waals surface area (Å²) in [4.78, 5) is 106. The van der Waals surface area contributed by atoms with Crippen LogP contribution in [0.3, 0.4) is 0 Å². The van der Waals surface area contributed by atoms with Crippen LogP contribution in [-0.4, -0.2) is 178 Å². The number of ether oxygens (including phenoxy) is 8. The van der Waals surface area contributed by atoms with Crippen molar-refractivity contribution in [3.63, 3.8) is 0 Å². The zero-order valence-electron chi connectivity index (χ0n) is 80.0. The lowest BCUT2D eigenvalue weighted by molar-refractivity contribution is -0.384. The van der Waals surface area contributed by atoms with Crippen LogP contribution in [0, 0.1) is 44.2 Å². The number of carbonyl (C=O) groups excluding carboxylic acids is 2. The zero-order chi connectivity index (χ0) is 105. The van der Waals surface area contributed by atoms with Crippen molar-refractivity contribution >= 4 is 191 Å². The number of nitro benzene ring substituents is 2. The predicted molar refractivity (Wildman–Crippen MR) is 588 cm³/mol. The molecule has 0 aliphatic carbocycles. The second-order valence-electron chi connectivity index (χ2n) is 32.6. The predicted octanol–water partition coefficient (Wildman–Crippen LogP) is 22.8. The average molecular weight is 2360 g/mol. The molecule has 17 aromatic rings. The molecule has 0 saturated heterocycles. The Bertz CT molecular complexity index is 7500. The minimum absolute atomic E-state index is 0. The van der Waals surface area contributed by atoms with E-state index in [0.717, 1.165) is 158 Å². The number of anilines is 2. The molecule has 11 heterocycles. The van der Waals surface area contributed by atoms with E-state index in [2.05, 4.69) is 212 Å². The number of carboxylic acid groups (broad SMARTS) is 1. The number of halogens is 6. The number of nitrogen functional groups attached to an aromatic ring is 1. The molecule has 0 aliphatic heterocycles. The number of carboxylic acids is 1. The molecule has 0 unspecified atom stereocenters. The molecular weight excluding hydrogens is 2250 g/mol. The number of methoxy groups -OCH3 is 6. The number of hydrogen-bond acceptors (Lipinski definition) is 29. The number of aromatic nitrogens is 15. The second-order valence-corrected chi connectivity index (χ2v) is 48.3. The number of H-pyrrole nitrogens is 2. The monoisotopic (exact) mass is 2350 g/mol. The minimum atomic E-state index is -1.16. The van der Waals surface area contributed by atoms with Crippen molar-refractivity contribution in [1.82, 2.24) is 73.9 Å². The summed E-state index contributed by atoms with van der Waals surface area (Å²) in [5.41, 5.74) is 29.5. The zero-order valence-corrected chi connectivity index (χ0v) is 90.7. The molecule has 0 radical (unpaired) electrons. The number of benzene rings is 6. The normalized spacial score (nSPS) is 10.5. The first-order valence-corrected chi connectivity index (χ1v) is 55.1. The van der Waals surface area contributed by atoms with Gasteiger partial charge in [0, 0.05) is 206 Å². The van der Waals surface area contributed by atoms with Crippen molar-refractivity contribution < 1.29 is 67.2 Å². The van der Waals surface area contributed by atoms with Crippen LogP contribution >= 0.6 is 91.3 Å². The van der Waals surface area contributed by atoms with E-state index in [4.69, 9.17) is 81.8 Å². The van der Waals surface area contributed by atoms with Gasteiger partial charge in [0.15, 0.2) is 0 Å². The Morgan fingerprint density at radius 2 is 0.842 bits per heavy atom. The number of nitrogens with two attached hydrogens (primary N) is 3. The van der Waals surface area contributed by atoms with Gasteiger partial charge >= 0.3 is 5.97 Å². The molecule has 0 saturated carbocycles. The van der Waals surface area contributed by atoms with Crippen LogP contribution in [0.25, 0.3) is 89.7 Å². The van der Waals surface area contributed by atoms with Crippen molar-refractivity contribution in [1.29, 1.82) is 0 Å². The van der Waals surface area contributed by atoms with E-state index in [9.17, 15) is 34.6 Å². The number of aromatic amines is 2. The van der Waals surface area contributed by atoms with Crippen LogP contribution in [0.4, 0.5) is 22.7 Å². The number of nitro groups is 2. The van der Waals surface area contributed by atoms with Crippen LogP contribution in [0.2, 0.25) is 51.4 Å². The number of nitrogens with zero attached hydrogens (tertiary/aromatic N) is 15. The van der Waals surface area contributed by atoms with E-state index in [1.807, 2.05) is 97.1 Å². The molecule has 11 aromatic heterocycles. The fourth-order valence-electron chi connectivity index (χ4n) is 12.9. The molecule has 146 heavy (non-hydrogen) atoms. The maximum Gasteiger partial charge on any atom is 0.336 e. The quantitative estimate of drug-likeness (QED) is 0.00305. The third-order valence-electron chi connectivity index (χ3n) is 20.4. The van der Waals surface area contributed by atoms with Crippen LogP contribution in [-0.2, 0) is 22.9 Å². The van der Waals surface area contributed by atoms with E-state index >= 15 is 0 Å². The van der Waals surface area contributed by atoms with Gasteiger partial charge < -0.3 is 75.5 Å². The first-order valence-electron chi connectivity index (χ1n) is 43.3. The van der Waals surface area contributed by atoms with Gasteiger partial charge in [0.1, 0.15) is 87.2 Å². The molecule has 17 rings (SSSR count). The van der Waals surface area contributed by atoms with Crippen LogP contribution in [0.1, 0.15) is 49.6 Å². The number of fused-ring (bicyclic) bond motifs is 4. The summed E-state index contributed by atoms with van der Waals surface area (Å²) in [5, 5.41) is 31.8. The topological polar surface area (TPSA) is 505 Å². The summed E-state index contributed by atoms with van der Waals surface area (Å²) >= 11 is 21.6. The first-order chi connectivity index (χ1) is 69.5. The lowest BCUT2D eigenvalue weighted by Gasteiger charge is -2.16. The number of pyridine rings is 7. The highest BCUT2D eigenvalue weighted by atomic mass is 79.9. The largest absolute Gasteiger partial charge is 0.497 e. The molecule has 0 atom stereocenters. The molecule has 45 heteroatoms. The molecule has 0 spiro atoms. The van der Waals surface area contributed by atoms with E-state index in [-0.39, 0.29) is 35.7 Å². The van der Waals surface area contributed by atoms with Crippen molar-refractivity contribution in [2.75, 3.05) is 66.9 Å². The van der Waals surface area contributed by atoms with Gasteiger partial charge in [-0.25, -0.2) is 29.7 Å². The minimum Gasteiger partial charge on any atom is -0.497 e. The molecule has 37 nitrogen and oxygen atoms in total. The average Bonchev–Trinajstić information content (AvgIpc) is 1.60. The van der Waals surface area contributed by atoms with Crippen LogP contribution in [0.5, 0.6) is 34.5 Å². The Kier molecular flexibility index (Phi) is 43.8. The van der Waals surface area contributed by atoms with Gasteiger partial charge in [-0.15, -0.1) is 0 Å². The Balaban J connectivity index is 0.000000190. The third-order valence-corrected chi connectivity index (χ3v) is 27.2. The molecule has 1 amide bonds. The highest BCUT2D eigenvalue weighted by Crippen LogP contribution is 2.37. The van der Waals surface area contributed by atoms with Crippen LogP contribution in [0.15, 0.2) is 261 Å². The molecule has 6 aromatic carbocycles. The van der Waals surface area contributed by atoms with Gasteiger partial charge in [-0.1, -0.05) is 46.7 Å². The van der Waals surface area contributed by atoms with E-state index in [1.165, 1.54) is 87.5 Å². The summed E-state index contributed by atoms with van der Waals surface area (Å²) in [6.45, 7) is 16.4. The van der Waals surface area contributed by atoms with Gasteiger partial charge in [0.2, 0.25) is 0 Å². The van der Waals surface area contributed by atoms with Crippen molar-refractivity contribution in [2.45, 2.75) is 72.3 Å². The standard InChI is InChI=1S/C21H26N4O2Si.C19H24BrN3O2Si.C15H12N4O.C13H10BrN3O4.C13H10BrN3O.C7H8N2O3.C6H3BrClNO.C6H4BrNO2.CH4/c1-26-17-5-6-19-20(13-17)25(15-27-11-12-28(2,3)4)21(24-19)18-8-10-23-14-16(18)7-9-22;1-24-14-5-6-17-18(11-14)23(13-25-9-10-26(2,3)4)19(22-17)15-7-8-21-12-16(15)20;1-20-11-2-3-13-14(8-11)19-15(18-13)12-5-7-17-9-10(12)4-6-16;1-21-8-2-3-12(17(19)20)11(6-8)16-13(18)9-4-5-15-7-10(9)14;1-18-8-2-3-11-12(6-8)17-13(16-11)9-4-5-15-7-10(9)14;1-12-5-2-3-7(9(10)11)6(8)4-5;7-5-4(6(8)10)2-1-3-9-5;7-5-3-8-2-1-4(5)6(9)10;/h5-6,8,10,13-14H,11-12,15,22H2,1-4H3;5-8,11-12H,9-10,13H2,1-4H3;2-3,5,7-9H,16H2,1H3,(H,18,19);2-7H,1H3,(H,16,18);2-7H,1H3,(H,16,17);2-4H,8H2,1H3;1-3H;1-3H,(H,9,10);1H4. The summed E-state index contributed by atoms with van der Waals surface area (Å²) in [6, 6.07) is 52.5. The van der Waals surface area contributed by atoms with E-state index < -0.39 is 43.1 Å². The highest BCUT2D eigenvalue weighted by Gasteiger charge is 2.24. The fourth-order valence-corrected chi connectivity index (χ4v) is 16.8. The Hall–Kier alpha value is -15.0. The van der Waals surface area contributed by atoms with E-state index in [0.29, 0.717) is 49.6 Å². The number of aromatic carboxylic acids is 1. The fraction of sp³-hybridized carbons (Fsp3) is 0.188. The summed E-state index contributed by atoms with van der Waals surface area (Å²) in [5.74, 6) is 11.6. The van der Waals surface area contributed by atoms with Crippen LogP contribution < -0.4 is 50.9 Å². The maximum atomic E-state index is 12.2.